The third kappa shape index (κ3) is 4.42. The topological polar surface area (TPSA) is 48.4 Å². The highest BCUT2D eigenvalue weighted by Gasteiger charge is 2.22. The zero-order chi connectivity index (χ0) is 15.1. The number of nitrogens with zero attached hydrogens (tertiary/aromatic N) is 2. The number of hydrogen-bond acceptors (Lipinski definition) is 4. The van der Waals surface area contributed by atoms with Crippen molar-refractivity contribution in [3.05, 3.63) is 23.9 Å². The zero-order valence-corrected chi connectivity index (χ0v) is 13.4. The number of aliphatic hydroxyl groups is 1. The summed E-state index contributed by atoms with van der Waals surface area (Å²) in [5.74, 6) is 1.01. The lowest BCUT2D eigenvalue weighted by molar-refractivity contribution is 0.289. The van der Waals surface area contributed by atoms with Gasteiger partial charge < -0.3 is 15.3 Å². The van der Waals surface area contributed by atoms with E-state index in [1.54, 1.807) is 0 Å². The quantitative estimate of drug-likeness (QED) is 0.811. The number of anilines is 1. The summed E-state index contributed by atoms with van der Waals surface area (Å²) in [6, 6.07) is 5.12. The molecule has 0 radical (unpaired) electrons. The lowest BCUT2D eigenvalue weighted by Gasteiger charge is -2.35. The Bertz CT molecular complexity index is 418. The fraction of sp³-hybridized carbons (Fsp3) is 0.706. The van der Waals surface area contributed by atoms with Crippen LogP contribution < -0.4 is 10.2 Å². The van der Waals surface area contributed by atoms with Crippen LogP contribution in [0.25, 0.3) is 0 Å². The summed E-state index contributed by atoms with van der Waals surface area (Å²) in [6.07, 6.45) is 8.25. The number of nitrogens with one attached hydrogen (secondary N) is 1. The van der Waals surface area contributed by atoms with Gasteiger partial charge in [-0.2, -0.15) is 0 Å². The smallest absolute Gasteiger partial charge is 0.129 e. The first kappa shape index (κ1) is 16.2. The van der Waals surface area contributed by atoms with Gasteiger partial charge in [0.1, 0.15) is 5.82 Å². The van der Waals surface area contributed by atoms with Crippen molar-refractivity contribution in [2.45, 2.75) is 58.0 Å². The Morgan fingerprint density at radius 3 is 2.81 bits per heavy atom. The van der Waals surface area contributed by atoms with Crippen molar-refractivity contribution in [1.29, 1.82) is 0 Å². The largest absolute Gasteiger partial charge is 0.395 e. The van der Waals surface area contributed by atoms with Gasteiger partial charge in [0, 0.05) is 24.8 Å². The molecule has 0 aliphatic heterocycles. The van der Waals surface area contributed by atoms with E-state index in [4.69, 9.17) is 0 Å². The molecule has 1 atom stereocenters. The highest BCUT2D eigenvalue weighted by Crippen LogP contribution is 2.27. The summed E-state index contributed by atoms with van der Waals surface area (Å²) in [5, 5.41) is 12.9. The van der Waals surface area contributed by atoms with Gasteiger partial charge in [-0.15, -0.1) is 0 Å². The van der Waals surface area contributed by atoms with Gasteiger partial charge in [-0.05, 0) is 44.0 Å². The Balaban J connectivity index is 2.16. The highest BCUT2D eigenvalue weighted by atomic mass is 16.3. The molecule has 1 saturated carbocycles. The van der Waals surface area contributed by atoms with E-state index in [1.165, 1.54) is 37.7 Å². The minimum absolute atomic E-state index is 0.186. The van der Waals surface area contributed by atoms with Gasteiger partial charge in [0.2, 0.25) is 0 Å². The summed E-state index contributed by atoms with van der Waals surface area (Å²) in [4.78, 5) is 6.87. The molecule has 1 heterocycles. The Morgan fingerprint density at radius 1 is 1.38 bits per heavy atom. The van der Waals surface area contributed by atoms with Crippen LogP contribution in [0, 0.1) is 0 Å². The molecule has 1 unspecified atom stereocenters. The molecule has 1 aromatic rings. The van der Waals surface area contributed by atoms with Gasteiger partial charge in [0.25, 0.3) is 0 Å². The number of aromatic nitrogens is 1. The van der Waals surface area contributed by atoms with Gasteiger partial charge in [-0.3, -0.25) is 0 Å². The van der Waals surface area contributed by atoms with Crippen molar-refractivity contribution in [3.8, 4) is 0 Å². The van der Waals surface area contributed by atoms with E-state index in [0.29, 0.717) is 18.6 Å². The summed E-state index contributed by atoms with van der Waals surface area (Å²) in [5.41, 5.74) is 1.26. The molecule has 21 heavy (non-hydrogen) atoms. The van der Waals surface area contributed by atoms with Gasteiger partial charge in [-0.25, -0.2) is 4.98 Å². The van der Waals surface area contributed by atoms with E-state index in [0.717, 1.165) is 12.4 Å². The second-order valence-corrected chi connectivity index (χ2v) is 5.94. The van der Waals surface area contributed by atoms with Gasteiger partial charge in [0.15, 0.2) is 0 Å². The molecule has 0 saturated heterocycles. The molecule has 0 spiro atoms. The number of aliphatic hydroxyl groups excluding tert-OH is 1. The van der Waals surface area contributed by atoms with Crippen LogP contribution in [-0.2, 0) is 0 Å². The minimum Gasteiger partial charge on any atom is -0.395 e. The fourth-order valence-corrected chi connectivity index (χ4v) is 3.27. The van der Waals surface area contributed by atoms with E-state index < -0.39 is 0 Å². The first-order valence-corrected chi connectivity index (χ1v) is 8.33. The monoisotopic (exact) mass is 291 g/mol. The number of hydrogen-bond donors (Lipinski definition) is 2. The van der Waals surface area contributed by atoms with E-state index >= 15 is 0 Å². The van der Waals surface area contributed by atoms with Crippen LogP contribution in [0.15, 0.2) is 18.3 Å². The molecule has 4 nitrogen and oxygen atoms in total. The summed E-state index contributed by atoms with van der Waals surface area (Å²) in [6.45, 7) is 6.13. The standard InChI is InChI=1S/C17H29N3O/c1-3-18-14(2)15-9-10-19-17(13-15)20(11-12-21)16-7-5-4-6-8-16/h9-10,13-14,16,18,21H,3-8,11-12H2,1-2H3. The normalized spacial score (nSPS) is 17.7. The van der Waals surface area contributed by atoms with Crippen molar-refractivity contribution in [3.63, 3.8) is 0 Å². The van der Waals surface area contributed by atoms with E-state index in [1.807, 2.05) is 6.20 Å². The van der Waals surface area contributed by atoms with Crippen LogP contribution in [0.3, 0.4) is 0 Å². The molecule has 4 heteroatoms. The third-order valence-electron chi connectivity index (χ3n) is 4.43. The molecule has 1 aromatic heterocycles. The molecular weight excluding hydrogens is 262 g/mol. The zero-order valence-electron chi connectivity index (χ0n) is 13.4. The molecule has 2 rings (SSSR count). The lowest BCUT2D eigenvalue weighted by Crippen LogP contribution is -2.39. The van der Waals surface area contributed by atoms with Crippen molar-refractivity contribution >= 4 is 5.82 Å². The van der Waals surface area contributed by atoms with Crippen LogP contribution in [0.2, 0.25) is 0 Å². The minimum atomic E-state index is 0.186. The van der Waals surface area contributed by atoms with Crippen LogP contribution in [0.4, 0.5) is 5.82 Å². The number of rotatable bonds is 7. The summed E-state index contributed by atoms with van der Waals surface area (Å²) >= 11 is 0. The van der Waals surface area contributed by atoms with Crippen molar-refractivity contribution in [2.24, 2.45) is 0 Å². The second kappa shape index (κ2) is 8.35. The fourth-order valence-electron chi connectivity index (χ4n) is 3.27. The Hall–Kier alpha value is -1.13. The molecular formula is C17H29N3O. The summed E-state index contributed by atoms with van der Waals surface area (Å²) in [7, 11) is 0. The molecule has 1 fully saturated rings. The number of pyridine rings is 1. The molecule has 118 valence electrons. The Morgan fingerprint density at radius 2 is 2.14 bits per heavy atom. The summed E-state index contributed by atoms with van der Waals surface area (Å²) < 4.78 is 0. The van der Waals surface area contributed by atoms with Crippen LogP contribution in [0.5, 0.6) is 0 Å². The van der Waals surface area contributed by atoms with Crippen LogP contribution in [-0.4, -0.2) is 35.8 Å². The molecule has 0 amide bonds. The van der Waals surface area contributed by atoms with E-state index in [9.17, 15) is 5.11 Å². The molecule has 0 bridgehead atoms. The predicted octanol–water partition coefficient (Wildman–Crippen LogP) is 2.88. The Kier molecular flexibility index (Phi) is 6.46. The average Bonchev–Trinajstić information content (AvgIpc) is 2.54. The van der Waals surface area contributed by atoms with E-state index in [2.05, 4.69) is 41.2 Å². The highest BCUT2D eigenvalue weighted by molar-refractivity contribution is 5.43. The Labute approximate surface area is 128 Å². The maximum atomic E-state index is 9.41. The van der Waals surface area contributed by atoms with E-state index in [-0.39, 0.29) is 6.61 Å². The second-order valence-electron chi connectivity index (χ2n) is 5.94. The predicted molar refractivity (Wildman–Crippen MR) is 87.6 cm³/mol. The van der Waals surface area contributed by atoms with Crippen molar-refractivity contribution in [1.82, 2.24) is 10.3 Å². The lowest BCUT2D eigenvalue weighted by atomic mass is 9.94. The van der Waals surface area contributed by atoms with Crippen LogP contribution >= 0.6 is 0 Å². The van der Waals surface area contributed by atoms with Gasteiger partial charge in [-0.1, -0.05) is 26.2 Å². The maximum Gasteiger partial charge on any atom is 0.129 e. The molecule has 1 aliphatic rings. The first-order valence-electron chi connectivity index (χ1n) is 8.33. The third-order valence-corrected chi connectivity index (χ3v) is 4.43. The van der Waals surface area contributed by atoms with Crippen LogP contribution in [0.1, 0.15) is 57.6 Å². The van der Waals surface area contributed by atoms with Crippen molar-refractivity contribution in [2.75, 3.05) is 24.6 Å². The molecule has 0 aromatic carbocycles. The average molecular weight is 291 g/mol. The molecule has 1 aliphatic carbocycles. The van der Waals surface area contributed by atoms with Crippen molar-refractivity contribution < 1.29 is 5.11 Å². The molecule has 2 N–H and O–H groups in total. The first-order chi connectivity index (χ1) is 10.3. The SMILES string of the molecule is CCNC(C)c1ccnc(N(CCO)C2CCCCC2)c1. The van der Waals surface area contributed by atoms with Gasteiger partial charge in [0.05, 0.1) is 6.61 Å². The maximum absolute atomic E-state index is 9.41. The van der Waals surface area contributed by atoms with Gasteiger partial charge >= 0.3 is 0 Å².